The first-order valence-electron chi connectivity index (χ1n) is 9.90. The molecule has 1 saturated heterocycles. The lowest BCUT2D eigenvalue weighted by atomic mass is 10.0. The van der Waals surface area contributed by atoms with Gasteiger partial charge < -0.3 is 20.4 Å². The lowest BCUT2D eigenvalue weighted by Crippen LogP contribution is -2.49. The molecular weight excluding hydrogens is 402 g/mol. The number of aromatic hydroxyl groups is 2. The Morgan fingerprint density at radius 3 is 2.03 bits per heavy atom. The van der Waals surface area contributed by atoms with Crippen molar-refractivity contribution in [3.63, 3.8) is 0 Å². The van der Waals surface area contributed by atoms with Gasteiger partial charge in [0.1, 0.15) is 18.0 Å². The molecule has 2 aliphatic heterocycles. The van der Waals surface area contributed by atoms with Crippen molar-refractivity contribution in [1.29, 1.82) is 0 Å². The molecular formula is C22H21N3O6. The summed E-state index contributed by atoms with van der Waals surface area (Å²) < 4.78 is 0. The van der Waals surface area contributed by atoms with Gasteiger partial charge in [-0.3, -0.25) is 24.1 Å². The van der Waals surface area contributed by atoms with Crippen LogP contribution in [0.5, 0.6) is 11.5 Å². The molecule has 4 amide bonds. The fourth-order valence-electron chi connectivity index (χ4n) is 3.93. The number of likely N-dealkylation sites (tertiary alicyclic amines) is 1. The number of hydrogen-bond acceptors (Lipinski definition) is 6. The average molecular weight is 423 g/mol. The summed E-state index contributed by atoms with van der Waals surface area (Å²) in [7, 11) is 0. The van der Waals surface area contributed by atoms with Gasteiger partial charge in [-0.05, 0) is 37.1 Å². The van der Waals surface area contributed by atoms with E-state index in [4.69, 9.17) is 0 Å². The lowest BCUT2D eigenvalue weighted by Gasteiger charge is -2.32. The quantitative estimate of drug-likeness (QED) is 0.633. The average Bonchev–Trinajstić information content (AvgIpc) is 2.98. The van der Waals surface area contributed by atoms with Crippen molar-refractivity contribution in [2.45, 2.75) is 18.9 Å². The molecule has 0 unspecified atom stereocenters. The van der Waals surface area contributed by atoms with Gasteiger partial charge in [-0.25, -0.2) is 0 Å². The summed E-state index contributed by atoms with van der Waals surface area (Å²) in [4.78, 5) is 52.3. The van der Waals surface area contributed by atoms with E-state index in [9.17, 15) is 29.4 Å². The monoisotopic (exact) mass is 423 g/mol. The number of piperidine rings is 1. The molecule has 0 radical (unpaired) electrons. The van der Waals surface area contributed by atoms with E-state index in [0.29, 0.717) is 37.1 Å². The van der Waals surface area contributed by atoms with E-state index in [1.54, 1.807) is 29.2 Å². The van der Waals surface area contributed by atoms with Crippen molar-refractivity contribution in [2.24, 2.45) is 0 Å². The van der Waals surface area contributed by atoms with E-state index in [-0.39, 0.29) is 35.6 Å². The molecule has 9 nitrogen and oxygen atoms in total. The number of nitrogens with zero attached hydrogens (tertiary/aromatic N) is 2. The van der Waals surface area contributed by atoms with Gasteiger partial charge in [-0.2, -0.15) is 0 Å². The fraction of sp³-hybridized carbons (Fsp3) is 0.273. The van der Waals surface area contributed by atoms with Crippen LogP contribution in [0.25, 0.3) is 0 Å². The highest BCUT2D eigenvalue weighted by molar-refractivity contribution is 6.22. The van der Waals surface area contributed by atoms with Crippen molar-refractivity contribution in [3.8, 4) is 11.5 Å². The summed E-state index contributed by atoms with van der Waals surface area (Å²) >= 11 is 0. The first kappa shape index (κ1) is 20.4. The molecule has 2 aromatic rings. The number of carbonyl (C=O) groups is 4. The second kappa shape index (κ2) is 8.10. The Morgan fingerprint density at radius 2 is 1.48 bits per heavy atom. The maximum atomic E-state index is 12.6. The molecule has 0 aromatic heterocycles. The standard InChI is InChI=1S/C22H21N3O6/c26-15-9-13(10-16(27)11-15)20(29)24-7-5-14(6-8-24)23-19(28)12-25-21(30)17-3-1-2-4-18(17)22(25)31/h1-4,9-11,14,26-27H,5-8,12H2,(H,23,28). The molecule has 31 heavy (non-hydrogen) atoms. The second-order valence-electron chi connectivity index (χ2n) is 7.61. The van der Waals surface area contributed by atoms with Crippen LogP contribution < -0.4 is 5.32 Å². The molecule has 2 aromatic carbocycles. The lowest BCUT2D eigenvalue weighted by molar-refractivity contribution is -0.122. The van der Waals surface area contributed by atoms with Gasteiger partial charge in [0.25, 0.3) is 17.7 Å². The number of hydrogen-bond donors (Lipinski definition) is 3. The number of fused-ring (bicyclic) bond motifs is 1. The minimum atomic E-state index is -0.481. The second-order valence-corrected chi connectivity index (χ2v) is 7.61. The minimum absolute atomic E-state index is 0.186. The number of rotatable bonds is 4. The Morgan fingerprint density at radius 1 is 0.935 bits per heavy atom. The maximum absolute atomic E-state index is 12.6. The number of amides is 4. The fourth-order valence-corrected chi connectivity index (χ4v) is 3.93. The van der Waals surface area contributed by atoms with Gasteiger partial charge in [-0.1, -0.05) is 12.1 Å². The smallest absolute Gasteiger partial charge is 0.262 e. The molecule has 2 heterocycles. The molecule has 0 spiro atoms. The number of imide groups is 1. The zero-order chi connectivity index (χ0) is 22.1. The van der Waals surface area contributed by atoms with Crippen molar-refractivity contribution in [2.75, 3.05) is 19.6 Å². The van der Waals surface area contributed by atoms with Crippen molar-refractivity contribution in [3.05, 3.63) is 59.2 Å². The van der Waals surface area contributed by atoms with Crippen LogP contribution in [0.3, 0.4) is 0 Å². The number of carbonyl (C=O) groups excluding carboxylic acids is 4. The van der Waals surface area contributed by atoms with Crippen LogP contribution in [0.2, 0.25) is 0 Å². The minimum Gasteiger partial charge on any atom is -0.508 e. The predicted molar refractivity (Wildman–Crippen MR) is 109 cm³/mol. The molecule has 0 saturated carbocycles. The van der Waals surface area contributed by atoms with E-state index < -0.39 is 17.7 Å². The third-order valence-corrected chi connectivity index (χ3v) is 5.48. The maximum Gasteiger partial charge on any atom is 0.262 e. The molecule has 3 N–H and O–H groups in total. The van der Waals surface area contributed by atoms with Crippen LogP contribution >= 0.6 is 0 Å². The molecule has 2 aliphatic rings. The highest BCUT2D eigenvalue weighted by Gasteiger charge is 2.36. The van der Waals surface area contributed by atoms with Gasteiger partial charge in [0.05, 0.1) is 11.1 Å². The van der Waals surface area contributed by atoms with Crippen LogP contribution in [0.4, 0.5) is 0 Å². The van der Waals surface area contributed by atoms with Gasteiger partial charge in [0.15, 0.2) is 0 Å². The van der Waals surface area contributed by atoms with E-state index in [1.165, 1.54) is 12.1 Å². The number of benzene rings is 2. The number of phenols is 2. The predicted octanol–water partition coefficient (Wildman–Crippen LogP) is 1.11. The normalized spacial score (nSPS) is 16.4. The van der Waals surface area contributed by atoms with Gasteiger partial charge >= 0.3 is 0 Å². The SMILES string of the molecule is O=C(CN1C(=O)c2ccccc2C1=O)NC1CCN(C(=O)c2cc(O)cc(O)c2)CC1. The first-order chi connectivity index (χ1) is 14.8. The molecule has 4 rings (SSSR count). The summed E-state index contributed by atoms with van der Waals surface area (Å²) in [6.45, 7) is 0.411. The van der Waals surface area contributed by atoms with Crippen LogP contribution in [0.1, 0.15) is 43.9 Å². The highest BCUT2D eigenvalue weighted by atomic mass is 16.3. The molecule has 1 fully saturated rings. The highest BCUT2D eigenvalue weighted by Crippen LogP contribution is 2.24. The van der Waals surface area contributed by atoms with E-state index in [0.717, 1.165) is 11.0 Å². The summed E-state index contributed by atoms with van der Waals surface area (Å²) in [6, 6.07) is 9.99. The summed E-state index contributed by atoms with van der Waals surface area (Å²) in [5.74, 6) is -2.10. The van der Waals surface area contributed by atoms with E-state index in [2.05, 4.69) is 5.32 Å². The zero-order valence-corrected chi connectivity index (χ0v) is 16.6. The Kier molecular flexibility index (Phi) is 5.33. The largest absolute Gasteiger partial charge is 0.508 e. The Balaban J connectivity index is 1.30. The van der Waals surface area contributed by atoms with Gasteiger partial charge in [-0.15, -0.1) is 0 Å². The molecule has 0 bridgehead atoms. The summed E-state index contributed by atoms with van der Waals surface area (Å²) in [5.41, 5.74) is 0.779. The van der Waals surface area contributed by atoms with Crippen LogP contribution in [0.15, 0.2) is 42.5 Å². The van der Waals surface area contributed by atoms with E-state index >= 15 is 0 Å². The summed E-state index contributed by atoms with van der Waals surface area (Å²) in [6.07, 6.45) is 1.01. The number of phenolic OH excluding ortho intramolecular Hbond substituents is 2. The third-order valence-electron chi connectivity index (χ3n) is 5.48. The zero-order valence-electron chi connectivity index (χ0n) is 16.6. The Bertz CT molecular complexity index is 1020. The molecule has 0 atom stereocenters. The first-order valence-corrected chi connectivity index (χ1v) is 9.90. The molecule has 0 aliphatic carbocycles. The summed E-state index contributed by atoms with van der Waals surface area (Å²) in [5, 5.41) is 22.0. The van der Waals surface area contributed by atoms with Gasteiger partial charge in [0.2, 0.25) is 5.91 Å². The molecule has 160 valence electrons. The molecule has 9 heteroatoms. The van der Waals surface area contributed by atoms with Crippen molar-refractivity contribution >= 4 is 23.6 Å². The third kappa shape index (κ3) is 4.07. The van der Waals surface area contributed by atoms with Crippen LogP contribution in [-0.4, -0.2) is 69.3 Å². The van der Waals surface area contributed by atoms with Crippen molar-refractivity contribution < 1.29 is 29.4 Å². The van der Waals surface area contributed by atoms with Gasteiger partial charge in [0, 0.05) is 30.8 Å². The Labute approximate surface area is 177 Å². The van der Waals surface area contributed by atoms with Crippen molar-refractivity contribution in [1.82, 2.24) is 15.1 Å². The van der Waals surface area contributed by atoms with E-state index in [1.807, 2.05) is 0 Å². The van der Waals surface area contributed by atoms with Crippen LogP contribution in [-0.2, 0) is 4.79 Å². The van der Waals surface area contributed by atoms with Crippen LogP contribution in [0, 0.1) is 0 Å². The topological polar surface area (TPSA) is 127 Å². The number of nitrogens with one attached hydrogen (secondary N) is 1. The Hall–Kier alpha value is -3.88.